The van der Waals surface area contributed by atoms with Crippen molar-refractivity contribution in [3.8, 4) is 0 Å². The Morgan fingerprint density at radius 1 is 1.17 bits per heavy atom. The molecule has 1 rings (SSSR count). The Balaban J connectivity index is 3.46. The quantitative estimate of drug-likeness (QED) is 0.742. The number of hydrogen-bond acceptors (Lipinski definition) is 1. The van der Waals surface area contributed by atoms with Gasteiger partial charge in [0.25, 0.3) is 0 Å². The Hall–Kier alpha value is -0.620. The second-order valence-electron chi connectivity index (χ2n) is 5.09. The van der Waals surface area contributed by atoms with Gasteiger partial charge in [0.05, 0.1) is 11.7 Å². The summed E-state index contributed by atoms with van der Waals surface area (Å²) in [4.78, 5) is 0. The fourth-order valence-electron chi connectivity index (χ4n) is 1.47. The first-order valence-electron chi connectivity index (χ1n) is 5.19. The molecule has 0 spiro atoms. The zero-order valence-corrected chi connectivity index (χ0v) is 11.7. The molecule has 18 heavy (non-hydrogen) atoms. The van der Waals surface area contributed by atoms with Crippen LogP contribution in [0, 0.1) is 11.2 Å². The van der Waals surface area contributed by atoms with Crippen LogP contribution in [-0.2, 0) is 6.18 Å². The van der Waals surface area contributed by atoms with Crippen molar-refractivity contribution in [3.05, 3.63) is 33.5 Å². The molecule has 0 amide bonds. The number of rotatable bonds is 1. The molecule has 0 bridgehead atoms. The van der Waals surface area contributed by atoms with Gasteiger partial charge in [0, 0.05) is 10.0 Å². The number of alkyl halides is 3. The molecule has 1 aromatic carbocycles. The van der Waals surface area contributed by atoms with Gasteiger partial charge in [-0.15, -0.1) is 0 Å². The molecule has 1 N–H and O–H groups in total. The molecular weight excluding hydrogens is 316 g/mol. The summed E-state index contributed by atoms with van der Waals surface area (Å²) < 4.78 is 51.8. The van der Waals surface area contributed by atoms with Gasteiger partial charge in [0.2, 0.25) is 0 Å². The van der Waals surface area contributed by atoms with Crippen LogP contribution >= 0.6 is 15.9 Å². The molecule has 0 saturated carbocycles. The van der Waals surface area contributed by atoms with E-state index in [1.165, 1.54) is 0 Å². The third kappa shape index (κ3) is 3.03. The molecule has 0 aliphatic heterocycles. The van der Waals surface area contributed by atoms with E-state index in [9.17, 15) is 22.7 Å². The lowest BCUT2D eigenvalue weighted by Crippen LogP contribution is -2.21. The maximum atomic E-state index is 13.9. The Morgan fingerprint density at radius 3 is 2.06 bits per heavy atom. The van der Waals surface area contributed by atoms with Crippen molar-refractivity contribution in [2.24, 2.45) is 5.41 Å². The largest absolute Gasteiger partial charge is 0.419 e. The minimum atomic E-state index is -4.78. The predicted octanol–water partition coefficient (Wildman–Crippen LogP) is 4.69. The number of halogens is 5. The van der Waals surface area contributed by atoms with Crippen LogP contribution < -0.4 is 0 Å². The summed E-state index contributed by atoms with van der Waals surface area (Å²) in [6.07, 6.45) is -6.12. The lowest BCUT2D eigenvalue weighted by Gasteiger charge is -2.28. The SMILES string of the molecule is CC(C)(C)C(O)c1c(Br)ccc(C(F)(F)F)c1F. The molecule has 0 heterocycles. The standard InChI is InChI=1S/C12H13BrF4O/c1-11(2,3)10(18)8-7(13)5-4-6(9(8)14)12(15,16)17/h4-5,10,18H,1-3H3. The number of aliphatic hydroxyl groups is 1. The van der Waals surface area contributed by atoms with Crippen LogP contribution in [-0.4, -0.2) is 5.11 Å². The minimum absolute atomic E-state index is 0.121. The second-order valence-corrected chi connectivity index (χ2v) is 5.94. The molecule has 6 heteroatoms. The molecule has 0 aliphatic carbocycles. The molecule has 1 unspecified atom stereocenters. The summed E-state index contributed by atoms with van der Waals surface area (Å²) in [5, 5.41) is 9.97. The Bertz CT molecular complexity index is 449. The summed E-state index contributed by atoms with van der Waals surface area (Å²) in [5.74, 6) is -1.43. The summed E-state index contributed by atoms with van der Waals surface area (Å²) in [6.45, 7) is 4.84. The maximum Gasteiger partial charge on any atom is 0.419 e. The molecule has 0 aromatic heterocycles. The smallest absolute Gasteiger partial charge is 0.388 e. The fraction of sp³-hybridized carbons (Fsp3) is 0.500. The third-order valence-corrected chi connectivity index (χ3v) is 3.22. The zero-order valence-electron chi connectivity index (χ0n) is 10.1. The van der Waals surface area contributed by atoms with Crippen molar-refractivity contribution < 1.29 is 22.7 Å². The van der Waals surface area contributed by atoms with Crippen LogP contribution in [0.15, 0.2) is 16.6 Å². The van der Waals surface area contributed by atoms with Gasteiger partial charge in [-0.25, -0.2) is 4.39 Å². The zero-order chi connectivity index (χ0) is 14.3. The Morgan fingerprint density at radius 2 is 1.67 bits per heavy atom. The molecule has 0 fully saturated rings. The topological polar surface area (TPSA) is 20.2 Å². The van der Waals surface area contributed by atoms with E-state index in [2.05, 4.69) is 15.9 Å². The van der Waals surface area contributed by atoms with Crippen molar-refractivity contribution >= 4 is 15.9 Å². The monoisotopic (exact) mass is 328 g/mol. The van der Waals surface area contributed by atoms with E-state index in [1.54, 1.807) is 20.8 Å². The van der Waals surface area contributed by atoms with Gasteiger partial charge in [-0.3, -0.25) is 0 Å². The van der Waals surface area contributed by atoms with Gasteiger partial charge in [-0.2, -0.15) is 13.2 Å². The van der Waals surface area contributed by atoms with Gasteiger partial charge in [0.15, 0.2) is 0 Å². The maximum absolute atomic E-state index is 13.9. The molecule has 1 atom stereocenters. The van der Waals surface area contributed by atoms with E-state index in [0.29, 0.717) is 6.07 Å². The highest BCUT2D eigenvalue weighted by molar-refractivity contribution is 9.10. The number of hydrogen-bond donors (Lipinski definition) is 1. The van der Waals surface area contributed by atoms with Crippen LogP contribution in [0.2, 0.25) is 0 Å². The van der Waals surface area contributed by atoms with Gasteiger partial charge in [-0.05, 0) is 17.5 Å². The first-order valence-corrected chi connectivity index (χ1v) is 5.98. The van der Waals surface area contributed by atoms with Gasteiger partial charge >= 0.3 is 6.18 Å². The molecule has 0 radical (unpaired) electrons. The molecule has 1 nitrogen and oxygen atoms in total. The van der Waals surface area contributed by atoms with Crippen LogP contribution in [0.5, 0.6) is 0 Å². The van der Waals surface area contributed by atoms with E-state index < -0.39 is 29.1 Å². The lowest BCUT2D eigenvalue weighted by molar-refractivity contribution is -0.140. The van der Waals surface area contributed by atoms with Crippen LogP contribution in [0.25, 0.3) is 0 Å². The normalized spacial score (nSPS) is 14.7. The van der Waals surface area contributed by atoms with Gasteiger partial charge in [-0.1, -0.05) is 36.7 Å². The Kier molecular flexibility index (Phi) is 4.13. The van der Waals surface area contributed by atoms with Crippen molar-refractivity contribution in [2.75, 3.05) is 0 Å². The third-order valence-electron chi connectivity index (χ3n) is 2.53. The Labute approximate surface area is 111 Å². The summed E-state index contributed by atoms with van der Waals surface area (Å²) in [7, 11) is 0. The van der Waals surface area contributed by atoms with Gasteiger partial charge in [0.1, 0.15) is 5.82 Å². The fourth-order valence-corrected chi connectivity index (χ4v) is 2.00. The predicted molar refractivity (Wildman–Crippen MR) is 63.5 cm³/mol. The number of aliphatic hydroxyl groups excluding tert-OH is 1. The van der Waals surface area contributed by atoms with Gasteiger partial charge < -0.3 is 5.11 Å². The van der Waals surface area contributed by atoms with E-state index >= 15 is 0 Å². The molecule has 0 saturated heterocycles. The summed E-state index contributed by atoms with van der Waals surface area (Å²) in [6, 6.07) is 1.74. The van der Waals surface area contributed by atoms with E-state index in [0.717, 1.165) is 6.07 Å². The van der Waals surface area contributed by atoms with E-state index in [-0.39, 0.29) is 10.0 Å². The highest BCUT2D eigenvalue weighted by Gasteiger charge is 2.38. The van der Waals surface area contributed by atoms with Crippen molar-refractivity contribution in [1.82, 2.24) is 0 Å². The molecule has 1 aromatic rings. The first-order chi connectivity index (χ1) is 7.96. The average molecular weight is 329 g/mol. The highest BCUT2D eigenvalue weighted by atomic mass is 79.9. The average Bonchev–Trinajstić information content (AvgIpc) is 2.13. The summed E-state index contributed by atoms with van der Waals surface area (Å²) in [5.41, 5.74) is -2.51. The summed E-state index contributed by atoms with van der Waals surface area (Å²) >= 11 is 2.97. The van der Waals surface area contributed by atoms with Crippen molar-refractivity contribution in [2.45, 2.75) is 33.1 Å². The van der Waals surface area contributed by atoms with Crippen LogP contribution in [0.4, 0.5) is 17.6 Å². The lowest BCUT2D eigenvalue weighted by atomic mass is 9.84. The van der Waals surface area contributed by atoms with E-state index in [1.807, 2.05) is 0 Å². The van der Waals surface area contributed by atoms with E-state index in [4.69, 9.17) is 0 Å². The van der Waals surface area contributed by atoms with Crippen LogP contribution in [0.3, 0.4) is 0 Å². The van der Waals surface area contributed by atoms with Crippen molar-refractivity contribution in [1.29, 1.82) is 0 Å². The van der Waals surface area contributed by atoms with Crippen LogP contribution in [0.1, 0.15) is 38.0 Å². The second kappa shape index (κ2) is 4.81. The molecule has 0 aliphatic rings. The molecular formula is C12H13BrF4O. The highest BCUT2D eigenvalue weighted by Crippen LogP contribution is 2.41. The first kappa shape index (κ1) is 15.4. The molecule has 102 valence electrons. The number of benzene rings is 1. The van der Waals surface area contributed by atoms with Crippen molar-refractivity contribution in [3.63, 3.8) is 0 Å². The minimum Gasteiger partial charge on any atom is -0.388 e.